The minimum atomic E-state index is 0.410. The Morgan fingerprint density at radius 1 is 0.926 bits per heavy atom. The molecule has 1 aliphatic heterocycles. The van der Waals surface area contributed by atoms with Crippen LogP contribution in [-0.2, 0) is 0 Å². The Morgan fingerprint density at radius 3 is 2.59 bits per heavy atom. The van der Waals surface area contributed by atoms with E-state index in [9.17, 15) is 0 Å². The fraction of sp³-hybridized carbons (Fsp3) is 0.238. The summed E-state index contributed by atoms with van der Waals surface area (Å²) in [6, 6.07) is 15.8. The summed E-state index contributed by atoms with van der Waals surface area (Å²) in [6.07, 6.45) is 1.73. The maximum absolute atomic E-state index is 5.63. The van der Waals surface area contributed by atoms with Gasteiger partial charge in [0.2, 0.25) is 5.95 Å². The number of fused-ring (bicyclic) bond motifs is 1. The first kappa shape index (κ1) is 17.1. The molecule has 1 aromatic heterocycles. The molecule has 0 unspecified atom stereocenters. The molecule has 4 rings (SSSR count). The van der Waals surface area contributed by atoms with Crippen molar-refractivity contribution < 1.29 is 9.47 Å². The van der Waals surface area contributed by atoms with Gasteiger partial charge in [0.05, 0.1) is 0 Å². The molecule has 0 amide bonds. The van der Waals surface area contributed by atoms with Crippen molar-refractivity contribution in [2.45, 2.75) is 19.8 Å². The predicted octanol–water partition coefficient (Wildman–Crippen LogP) is 4.86. The normalized spacial score (nSPS) is 12.7. The van der Waals surface area contributed by atoms with Crippen molar-refractivity contribution in [3.8, 4) is 11.5 Å². The monoisotopic (exact) mass is 362 g/mol. The van der Waals surface area contributed by atoms with Crippen LogP contribution < -0.4 is 20.1 Å². The molecule has 1 aliphatic rings. The zero-order chi connectivity index (χ0) is 18.6. The van der Waals surface area contributed by atoms with Crippen LogP contribution in [0.15, 0.2) is 54.7 Å². The van der Waals surface area contributed by atoms with Crippen molar-refractivity contribution >= 4 is 23.1 Å². The van der Waals surface area contributed by atoms with Gasteiger partial charge in [-0.15, -0.1) is 0 Å². The molecular formula is C21H22N4O2. The van der Waals surface area contributed by atoms with Gasteiger partial charge in [0.15, 0.2) is 11.5 Å². The van der Waals surface area contributed by atoms with Crippen LogP contribution in [0.4, 0.5) is 23.1 Å². The quantitative estimate of drug-likeness (QED) is 0.676. The van der Waals surface area contributed by atoms with Crippen molar-refractivity contribution in [2.24, 2.45) is 0 Å². The molecule has 0 spiro atoms. The highest BCUT2D eigenvalue weighted by atomic mass is 16.6. The second-order valence-corrected chi connectivity index (χ2v) is 6.62. The molecule has 2 aromatic carbocycles. The molecule has 2 heterocycles. The maximum Gasteiger partial charge on any atom is 0.229 e. The Hall–Kier alpha value is -3.28. The van der Waals surface area contributed by atoms with Gasteiger partial charge in [-0.25, -0.2) is 4.98 Å². The van der Waals surface area contributed by atoms with E-state index < -0.39 is 0 Å². The fourth-order valence-corrected chi connectivity index (χ4v) is 2.99. The van der Waals surface area contributed by atoms with Crippen LogP contribution in [0.1, 0.15) is 25.3 Å². The number of para-hydroxylation sites is 1. The third-order valence-electron chi connectivity index (χ3n) is 4.30. The van der Waals surface area contributed by atoms with Gasteiger partial charge in [0, 0.05) is 23.6 Å². The van der Waals surface area contributed by atoms with Crippen molar-refractivity contribution in [2.75, 3.05) is 23.8 Å². The van der Waals surface area contributed by atoms with Crippen LogP contribution in [0.5, 0.6) is 11.5 Å². The van der Waals surface area contributed by atoms with Crippen molar-refractivity contribution in [1.82, 2.24) is 9.97 Å². The summed E-state index contributed by atoms with van der Waals surface area (Å²) < 4.78 is 11.2. The van der Waals surface area contributed by atoms with E-state index in [0.29, 0.717) is 30.9 Å². The predicted molar refractivity (Wildman–Crippen MR) is 107 cm³/mol. The molecular weight excluding hydrogens is 340 g/mol. The second-order valence-electron chi connectivity index (χ2n) is 6.62. The minimum Gasteiger partial charge on any atom is -0.486 e. The summed E-state index contributed by atoms with van der Waals surface area (Å²) >= 11 is 0. The number of ether oxygens (including phenoxy) is 2. The molecule has 6 heteroatoms. The Kier molecular flexibility index (Phi) is 4.78. The molecule has 3 aromatic rings. The molecule has 0 saturated carbocycles. The lowest BCUT2D eigenvalue weighted by atomic mass is 10.0. The highest BCUT2D eigenvalue weighted by Crippen LogP contribution is 2.33. The van der Waals surface area contributed by atoms with E-state index >= 15 is 0 Å². The molecule has 0 aliphatic carbocycles. The molecule has 0 radical (unpaired) electrons. The van der Waals surface area contributed by atoms with E-state index in [1.165, 1.54) is 5.56 Å². The van der Waals surface area contributed by atoms with Crippen LogP contribution in [0.25, 0.3) is 0 Å². The van der Waals surface area contributed by atoms with Crippen molar-refractivity contribution in [3.63, 3.8) is 0 Å². The maximum atomic E-state index is 5.63. The number of nitrogens with one attached hydrogen (secondary N) is 2. The van der Waals surface area contributed by atoms with Gasteiger partial charge in [-0.2, -0.15) is 4.98 Å². The lowest BCUT2D eigenvalue weighted by molar-refractivity contribution is 0.171. The van der Waals surface area contributed by atoms with Gasteiger partial charge in [0.1, 0.15) is 19.0 Å². The summed E-state index contributed by atoms with van der Waals surface area (Å²) in [5.74, 6) is 3.16. The minimum absolute atomic E-state index is 0.410. The average Bonchev–Trinajstić information content (AvgIpc) is 2.68. The van der Waals surface area contributed by atoms with Crippen molar-refractivity contribution in [1.29, 1.82) is 0 Å². The first-order valence-electron chi connectivity index (χ1n) is 9.05. The standard InChI is InChI=1S/C21H22N4O2/c1-14(2)16-5-3-4-6-17(16)24-21-22-10-9-20(25-21)23-15-7-8-18-19(13-15)27-12-11-26-18/h3-10,13-14H,11-12H2,1-2H3,(H2,22,23,24,25). The highest BCUT2D eigenvalue weighted by molar-refractivity contribution is 5.64. The van der Waals surface area contributed by atoms with E-state index in [2.05, 4.69) is 40.5 Å². The van der Waals surface area contributed by atoms with Gasteiger partial charge >= 0.3 is 0 Å². The van der Waals surface area contributed by atoms with Crippen LogP contribution in [0.2, 0.25) is 0 Å². The number of rotatable bonds is 5. The summed E-state index contributed by atoms with van der Waals surface area (Å²) in [7, 11) is 0. The smallest absolute Gasteiger partial charge is 0.229 e. The third-order valence-corrected chi connectivity index (χ3v) is 4.30. The summed E-state index contributed by atoms with van der Waals surface area (Å²) in [5, 5.41) is 6.61. The zero-order valence-electron chi connectivity index (χ0n) is 15.4. The third kappa shape index (κ3) is 3.95. The molecule has 6 nitrogen and oxygen atoms in total. The lowest BCUT2D eigenvalue weighted by Crippen LogP contribution is -2.15. The molecule has 0 bridgehead atoms. The van der Waals surface area contributed by atoms with Gasteiger partial charge in [-0.05, 0) is 35.7 Å². The van der Waals surface area contributed by atoms with E-state index in [4.69, 9.17) is 9.47 Å². The molecule has 0 fully saturated rings. The van der Waals surface area contributed by atoms with E-state index in [1.54, 1.807) is 6.20 Å². The van der Waals surface area contributed by atoms with Gasteiger partial charge in [-0.3, -0.25) is 0 Å². The summed E-state index contributed by atoms with van der Waals surface area (Å²) in [6.45, 7) is 5.48. The summed E-state index contributed by atoms with van der Waals surface area (Å²) in [4.78, 5) is 8.91. The van der Waals surface area contributed by atoms with Gasteiger partial charge < -0.3 is 20.1 Å². The Labute approximate surface area is 158 Å². The Balaban J connectivity index is 1.53. The van der Waals surface area contributed by atoms with E-state index in [1.807, 2.05) is 42.5 Å². The first-order chi connectivity index (χ1) is 13.2. The molecule has 0 atom stereocenters. The largest absolute Gasteiger partial charge is 0.486 e. The van der Waals surface area contributed by atoms with Crippen LogP contribution in [0, 0.1) is 0 Å². The van der Waals surface area contributed by atoms with Gasteiger partial charge in [-0.1, -0.05) is 32.0 Å². The van der Waals surface area contributed by atoms with Crippen LogP contribution in [0.3, 0.4) is 0 Å². The van der Waals surface area contributed by atoms with Crippen LogP contribution >= 0.6 is 0 Å². The molecule has 2 N–H and O–H groups in total. The SMILES string of the molecule is CC(C)c1ccccc1Nc1nccc(Nc2ccc3c(c2)OCCO3)n1. The van der Waals surface area contributed by atoms with E-state index in [0.717, 1.165) is 22.9 Å². The van der Waals surface area contributed by atoms with E-state index in [-0.39, 0.29) is 0 Å². The number of hydrogen-bond acceptors (Lipinski definition) is 6. The first-order valence-corrected chi connectivity index (χ1v) is 9.05. The fourth-order valence-electron chi connectivity index (χ4n) is 2.99. The number of nitrogens with zero attached hydrogens (tertiary/aromatic N) is 2. The highest BCUT2D eigenvalue weighted by Gasteiger charge is 2.12. The molecule has 138 valence electrons. The lowest BCUT2D eigenvalue weighted by Gasteiger charge is -2.19. The molecule has 0 saturated heterocycles. The Bertz CT molecular complexity index is 943. The Morgan fingerprint density at radius 2 is 1.74 bits per heavy atom. The topological polar surface area (TPSA) is 68.3 Å². The number of benzene rings is 2. The number of hydrogen-bond donors (Lipinski definition) is 2. The molecule has 27 heavy (non-hydrogen) atoms. The van der Waals surface area contributed by atoms with Crippen molar-refractivity contribution in [3.05, 3.63) is 60.3 Å². The van der Waals surface area contributed by atoms with Crippen LogP contribution in [-0.4, -0.2) is 23.2 Å². The number of anilines is 4. The number of aromatic nitrogens is 2. The second kappa shape index (κ2) is 7.53. The zero-order valence-corrected chi connectivity index (χ0v) is 15.4. The van der Waals surface area contributed by atoms with Gasteiger partial charge in [0.25, 0.3) is 0 Å². The summed E-state index contributed by atoms with van der Waals surface area (Å²) in [5.41, 5.74) is 3.13. The average molecular weight is 362 g/mol.